The smallest absolute Gasteiger partial charge is 0.220 e. The van der Waals surface area contributed by atoms with Gasteiger partial charge in [0.05, 0.1) is 12.6 Å². The molecule has 4 nitrogen and oxygen atoms in total. The number of rotatable bonds is 54. The fraction of sp³-hybridized carbons (Fsp3) is 0.931. The van der Waals surface area contributed by atoms with E-state index in [2.05, 4.69) is 31.3 Å². The second kappa shape index (κ2) is 54.2. The van der Waals surface area contributed by atoms with Gasteiger partial charge in [0.15, 0.2) is 0 Å². The lowest BCUT2D eigenvalue weighted by atomic mass is 10.0. The van der Waals surface area contributed by atoms with Gasteiger partial charge in [0.25, 0.3) is 0 Å². The number of carbonyl (C=O) groups excluding carboxylic acids is 2. The first-order valence-corrected chi connectivity index (χ1v) is 28.7. The summed E-state index contributed by atoms with van der Waals surface area (Å²) in [4.78, 5) is 24.7. The molecular formula is C58H113NO3. The predicted octanol–water partition coefficient (Wildman–Crippen LogP) is 19.1. The number of allylic oxidation sites excluding steroid dienone is 2. The van der Waals surface area contributed by atoms with Crippen molar-refractivity contribution in [3.05, 3.63) is 12.2 Å². The monoisotopic (exact) mass is 872 g/mol. The van der Waals surface area contributed by atoms with Crippen LogP contribution in [-0.2, 0) is 9.59 Å². The van der Waals surface area contributed by atoms with Gasteiger partial charge in [-0.25, -0.2) is 0 Å². The summed E-state index contributed by atoms with van der Waals surface area (Å²) in [5.74, 6) is 0.623. The van der Waals surface area contributed by atoms with Crippen LogP contribution in [0.3, 0.4) is 0 Å². The first kappa shape index (κ1) is 60.8. The summed E-state index contributed by atoms with van der Waals surface area (Å²) in [6.45, 7) is 4.64. The Labute approximate surface area is 390 Å². The van der Waals surface area contributed by atoms with Gasteiger partial charge in [-0.2, -0.15) is 0 Å². The topological polar surface area (TPSA) is 66.4 Å². The summed E-state index contributed by atoms with van der Waals surface area (Å²) < 4.78 is 0. The van der Waals surface area contributed by atoms with Crippen LogP contribution in [0.2, 0.25) is 0 Å². The molecule has 0 aromatic carbocycles. The highest BCUT2D eigenvalue weighted by molar-refractivity contribution is 5.78. The maximum atomic E-state index is 12.4. The van der Waals surface area contributed by atoms with E-state index >= 15 is 0 Å². The third-order valence-corrected chi connectivity index (χ3v) is 13.6. The summed E-state index contributed by atoms with van der Waals surface area (Å²) in [6, 6.07) is -0.0692. The number of aliphatic hydroxyl groups excluding tert-OH is 1. The van der Waals surface area contributed by atoms with E-state index < -0.39 is 0 Å². The molecule has 0 aliphatic carbocycles. The van der Waals surface area contributed by atoms with Gasteiger partial charge in [-0.1, -0.05) is 276 Å². The van der Waals surface area contributed by atoms with Gasteiger partial charge < -0.3 is 10.4 Å². The molecule has 0 bridgehead atoms. The SMILES string of the molecule is CCCCCCCCC=CCCCCCCCCCCCC(=O)CCCCCCCCCCCCCCCC(=O)N[C@@H](CO)CCCCCCCCCCCCCCCCCC. The zero-order chi connectivity index (χ0) is 44.9. The molecular weight excluding hydrogens is 759 g/mol. The molecule has 0 aromatic heterocycles. The van der Waals surface area contributed by atoms with E-state index in [0.29, 0.717) is 12.2 Å². The van der Waals surface area contributed by atoms with E-state index in [1.165, 1.54) is 263 Å². The minimum atomic E-state index is -0.0692. The van der Waals surface area contributed by atoms with Crippen molar-refractivity contribution in [1.29, 1.82) is 0 Å². The van der Waals surface area contributed by atoms with E-state index in [9.17, 15) is 14.7 Å². The van der Waals surface area contributed by atoms with Gasteiger partial charge in [-0.3, -0.25) is 9.59 Å². The molecule has 0 saturated carbocycles. The molecule has 0 aromatic rings. The largest absolute Gasteiger partial charge is 0.394 e. The van der Waals surface area contributed by atoms with Gasteiger partial charge >= 0.3 is 0 Å². The van der Waals surface area contributed by atoms with Crippen molar-refractivity contribution >= 4 is 11.7 Å². The molecule has 0 aliphatic heterocycles. The molecule has 0 unspecified atom stereocenters. The lowest BCUT2D eigenvalue weighted by molar-refractivity contribution is -0.122. The van der Waals surface area contributed by atoms with Crippen molar-refractivity contribution in [2.24, 2.45) is 0 Å². The summed E-state index contributed by atoms with van der Waals surface area (Å²) in [7, 11) is 0. The van der Waals surface area contributed by atoms with Crippen molar-refractivity contribution in [3.63, 3.8) is 0 Å². The van der Waals surface area contributed by atoms with Crippen LogP contribution in [0.15, 0.2) is 12.2 Å². The Balaban J connectivity index is 3.36. The van der Waals surface area contributed by atoms with Gasteiger partial charge in [0, 0.05) is 19.3 Å². The molecule has 0 saturated heterocycles. The van der Waals surface area contributed by atoms with Gasteiger partial charge in [-0.05, 0) is 51.4 Å². The zero-order valence-electron chi connectivity index (χ0n) is 42.6. The molecule has 0 radical (unpaired) electrons. The number of hydrogen-bond acceptors (Lipinski definition) is 3. The molecule has 368 valence electrons. The van der Waals surface area contributed by atoms with Gasteiger partial charge in [0.2, 0.25) is 5.91 Å². The fourth-order valence-electron chi connectivity index (χ4n) is 9.23. The van der Waals surface area contributed by atoms with Crippen molar-refractivity contribution in [3.8, 4) is 0 Å². The fourth-order valence-corrected chi connectivity index (χ4v) is 9.23. The Kier molecular flexibility index (Phi) is 53.2. The molecule has 1 amide bonds. The molecule has 0 fully saturated rings. The van der Waals surface area contributed by atoms with Crippen molar-refractivity contribution in [1.82, 2.24) is 5.32 Å². The minimum Gasteiger partial charge on any atom is -0.394 e. The molecule has 1 atom stereocenters. The average molecular weight is 873 g/mol. The number of nitrogens with one attached hydrogen (secondary N) is 1. The molecule has 0 spiro atoms. The third-order valence-electron chi connectivity index (χ3n) is 13.6. The highest BCUT2D eigenvalue weighted by atomic mass is 16.3. The van der Waals surface area contributed by atoms with E-state index in [4.69, 9.17) is 0 Å². The molecule has 2 N–H and O–H groups in total. The first-order valence-electron chi connectivity index (χ1n) is 28.7. The number of Topliss-reactive ketones (excluding diaryl/α,β-unsaturated/α-hetero) is 1. The van der Waals surface area contributed by atoms with Crippen molar-refractivity contribution < 1.29 is 14.7 Å². The summed E-state index contributed by atoms with van der Waals surface area (Å²) in [6.07, 6.45) is 68.9. The highest BCUT2D eigenvalue weighted by Crippen LogP contribution is 2.18. The lowest BCUT2D eigenvalue weighted by Crippen LogP contribution is -2.37. The highest BCUT2D eigenvalue weighted by Gasteiger charge is 2.11. The molecule has 62 heavy (non-hydrogen) atoms. The van der Waals surface area contributed by atoms with Crippen LogP contribution in [-0.4, -0.2) is 29.4 Å². The number of hydrogen-bond donors (Lipinski definition) is 2. The molecule has 0 rings (SSSR count). The Morgan fingerprint density at radius 2 is 0.613 bits per heavy atom. The third kappa shape index (κ3) is 51.5. The van der Waals surface area contributed by atoms with Crippen molar-refractivity contribution in [2.45, 2.75) is 341 Å². The van der Waals surface area contributed by atoms with Crippen LogP contribution in [0, 0.1) is 0 Å². The second-order valence-electron chi connectivity index (χ2n) is 19.9. The van der Waals surface area contributed by atoms with E-state index in [0.717, 1.165) is 51.4 Å². The number of aliphatic hydroxyl groups is 1. The van der Waals surface area contributed by atoms with E-state index in [-0.39, 0.29) is 18.6 Å². The van der Waals surface area contributed by atoms with E-state index in [1.54, 1.807) is 0 Å². The Bertz CT molecular complexity index is 901. The maximum Gasteiger partial charge on any atom is 0.220 e. The van der Waals surface area contributed by atoms with Gasteiger partial charge in [0.1, 0.15) is 5.78 Å². The molecule has 0 aliphatic rings. The van der Waals surface area contributed by atoms with Crippen molar-refractivity contribution in [2.75, 3.05) is 6.61 Å². The summed E-state index contributed by atoms with van der Waals surface area (Å²) in [5, 5.41) is 12.9. The zero-order valence-corrected chi connectivity index (χ0v) is 42.6. The first-order chi connectivity index (χ1) is 30.6. The lowest BCUT2D eigenvalue weighted by Gasteiger charge is -2.16. The Morgan fingerprint density at radius 1 is 0.355 bits per heavy atom. The normalized spacial score (nSPS) is 12.2. The van der Waals surface area contributed by atoms with Gasteiger partial charge in [-0.15, -0.1) is 0 Å². The second-order valence-corrected chi connectivity index (χ2v) is 19.9. The molecule has 0 heterocycles. The Morgan fingerprint density at radius 3 is 0.919 bits per heavy atom. The predicted molar refractivity (Wildman–Crippen MR) is 275 cm³/mol. The maximum absolute atomic E-state index is 12.4. The standard InChI is InChI=1S/C58H113NO3/c1-3-5-7-9-11-13-15-17-19-21-22-23-25-28-32-36-40-44-48-52-57(61)53-49-45-41-37-33-29-26-30-34-38-42-46-50-54-58(62)59-56(55-60)51-47-43-39-35-31-27-24-20-18-16-14-12-10-8-6-4-2/h17,19,56,60H,3-16,18,20-55H2,1-2H3,(H,59,62)/t56-/m1/s1. The van der Waals surface area contributed by atoms with E-state index in [1.807, 2.05) is 0 Å². The van der Waals surface area contributed by atoms with Crippen LogP contribution in [0.25, 0.3) is 0 Å². The van der Waals surface area contributed by atoms with Crippen LogP contribution < -0.4 is 5.32 Å². The summed E-state index contributed by atoms with van der Waals surface area (Å²) >= 11 is 0. The number of amides is 1. The minimum absolute atomic E-state index is 0.0598. The van der Waals surface area contributed by atoms with Crippen LogP contribution in [0.5, 0.6) is 0 Å². The number of ketones is 1. The van der Waals surface area contributed by atoms with Crippen LogP contribution >= 0.6 is 0 Å². The quantitative estimate of drug-likeness (QED) is 0.0473. The van der Waals surface area contributed by atoms with Crippen LogP contribution in [0.4, 0.5) is 0 Å². The Hall–Kier alpha value is -1.16. The number of unbranched alkanes of at least 4 members (excludes halogenated alkanes) is 42. The molecule has 4 heteroatoms. The van der Waals surface area contributed by atoms with Crippen LogP contribution in [0.1, 0.15) is 335 Å². The number of carbonyl (C=O) groups is 2. The summed E-state index contributed by atoms with van der Waals surface area (Å²) in [5.41, 5.74) is 0. The average Bonchev–Trinajstić information content (AvgIpc) is 3.27.